The van der Waals surface area contributed by atoms with Crippen LogP contribution >= 0.6 is 0 Å². The van der Waals surface area contributed by atoms with E-state index in [2.05, 4.69) is 15.2 Å². The van der Waals surface area contributed by atoms with Crippen molar-refractivity contribution in [3.8, 4) is 17.0 Å². The molecule has 3 heterocycles. The molecular formula is C23H16N4O4. The van der Waals surface area contributed by atoms with Crippen molar-refractivity contribution in [3.63, 3.8) is 0 Å². The summed E-state index contributed by atoms with van der Waals surface area (Å²) < 4.78 is 5.20. The van der Waals surface area contributed by atoms with Gasteiger partial charge in [0.15, 0.2) is 11.4 Å². The molecule has 8 heteroatoms. The Morgan fingerprint density at radius 3 is 2.35 bits per heavy atom. The minimum atomic E-state index is -0.466. The zero-order valence-electron chi connectivity index (χ0n) is 16.7. The molecule has 2 aromatic carbocycles. The van der Waals surface area contributed by atoms with Crippen molar-refractivity contribution in [2.45, 2.75) is 6.92 Å². The van der Waals surface area contributed by atoms with E-state index in [4.69, 9.17) is 4.74 Å². The maximum atomic E-state index is 13.4. The molecule has 0 bridgehead atoms. The fourth-order valence-corrected chi connectivity index (χ4v) is 3.74. The summed E-state index contributed by atoms with van der Waals surface area (Å²) in [6.07, 6.45) is 1.38. The van der Waals surface area contributed by atoms with Crippen LogP contribution in [0.25, 0.3) is 22.3 Å². The van der Waals surface area contributed by atoms with Crippen LogP contribution in [0.1, 0.15) is 38.0 Å². The van der Waals surface area contributed by atoms with E-state index < -0.39 is 11.8 Å². The maximum Gasteiger partial charge on any atom is 0.267 e. The van der Waals surface area contributed by atoms with E-state index in [1.165, 1.54) is 13.1 Å². The first-order valence-electron chi connectivity index (χ1n) is 9.51. The van der Waals surface area contributed by atoms with Gasteiger partial charge in [-0.3, -0.25) is 19.5 Å². The van der Waals surface area contributed by atoms with Gasteiger partial charge in [-0.15, -0.1) is 0 Å². The normalized spacial score (nSPS) is 13.0. The molecular weight excluding hydrogens is 396 g/mol. The molecule has 0 spiro atoms. The number of H-pyrrole nitrogens is 1. The van der Waals surface area contributed by atoms with Gasteiger partial charge in [0.1, 0.15) is 5.75 Å². The predicted octanol–water partition coefficient (Wildman–Crippen LogP) is 3.64. The van der Waals surface area contributed by atoms with E-state index in [-0.39, 0.29) is 16.9 Å². The summed E-state index contributed by atoms with van der Waals surface area (Å²) in [6.45, 7) is 1.46. The number of ether oxygens (including phenoxy) is 1. The molecule has 2 amide bonds. The summed E-state index contributed by atoms with van der Waals surface area (Å²) in [5.41, 5.74) is 3.08. The second-order valence-electron chi connectivity index (χ2n) is 7.12. The van der Waals surface area contributed by atoms with Crippen molar-refractivity contribution >= 4 is 34.3 Å². The lowest BCUT2D eigenvalue weighted by atomic mass is 10.0. The molecule has 31 heavy (non-hydrogen) atoms. The minimum Gasteiger partial charge on any atom is -0.497 e. The number of nitrogens with one attached hydrogen (secondary N) is 1. The number of carbonyl (C=O) groups excluding carboxylic acids is 3. The first-order valence-corrected chi connectivity index (χ1v) is 9.51. The Bertz CT molecular complexity index is 1370. The average Bonchev–Trinajstić information content (AvgIpc) is 3.33. The number of ketones is 1. The van der Waals surface area contributed by atoms with Crippen LogP contribution in [0, 0.1) is 0 Å². The summed E-state index contributed by atoms with van der Waals surface area (Å²) in [7, 11) is 1.58. The summed E-state index contributed by atoms with van der Waals surface area (Å²) in [5, 5.41) is 7.64. The van der Waals surface area contributed by atoms with Crippen molar-refractivity contribution in [1.29, 1.82) is 0 Å². The molecule has 1 aliphatic rings. The Kier molecular flexibility index (Phi) is 4.14. The summed E-state index contributed by atoms with van der Waals surface area (Å²) in [5.74, 6) is -0.323. The third-order valence-corrected chi connectivity index (χ3v) is 5.34. The Labute approximate surface area is 176 Å². The molecule has 0 atom stereocenters. The molecule has 0 saturated carbocycles. The highest BCUT2D eigenvalue weighted by Crippen LogP contribution is 2.36. The van der Waals surface area contributed by atoms with Crippen molar-refractivity contribution < 1.29 is 19.1 Å². The van der Waals surface area contributed by atoms with E-state index in [1.54, 1.807) is 43.5 Å². The fourth-order valence-electron chi connectivity index (χ4n) is 3.74. The number of amides is 2. The Morgan fingerprint density at radius 2 is 1.71 bits per heavy atom. The number of anilines is 1. The van der Waals surface area contributed by atoms with Crippen molar-refractivity contribution in [1.82, 2.24) is 15.2 Å². The zero-order valence-corrected chi connectivity index (χ0v) is 16.7. The van der Waals surface area contributed by atoms with Gasteiger partial charge in [-0.25, -0.2) is 9.88 Å². The number of nitrogens with zero attached hydrogens (tertiary/aromatic N) is 3. The van der Waals surface area contributed by atoms with Gasteiger partial charge in [0.25, 0.3) is 11.8 Å². The number of carbonyl (C=O) groups is 3. The van der Waals surface area contributed by atoms with Crippen LogP contribution in [-0.2, 0) is 0 Å². The lowest BCUT2D eigenvalue weighted by Gasteiger charge is -2.14. The second-order valence-corrected chi connectivity index (χ2v) is 7.12. The molecule has 1 N–H and O–H groups in total. The highest BCUT2D eigenvalue weighted by atomic mass is 16.5. The van der Waals surface area contributed by atoms with Gasteiger partial charge in [-0.1, -0.05) is 0 Å². The van der Waals surface area contributed by atoms with Gasteiger partial charge in [-0.2, -0.15) is 5.10 Å². The molecule has 4 aromatic rings. The fraction of sp³-hybridized carbons (Fsp3) is 0.0870. The molecule has 0 fully saturated rings. The lowest BCUT2D eigenvalue weighted by molar-refractivity contribution is 0.0925. The Hall–Kier alpha value is -4.33. The minimum absolute atomic E-state index is 0.0950. The van der Waals surface area contributed by atoms with E-state index in [1.807, 2.05) is 12.1 Å². The Morgan fingerprint density at radius 1 is 1.00 bits per heavy atom. The van der Waals surface area contributed by atoms with Gasteiger partial charge in [-0.05, 0) is 55.5 Å². The lowest BCUT2D eigenvalue weighted by Crippen LogP contribution is -2.29. The van der Waals surface area contributed by atoms with Crippen molar-refractivity contribution in [2.24, 2.45) is 0 Å². The summed E-state index contributed by atoms with van der Waals surface area (Å²) in [4.78, 5) is 43.4. The smallest absolute Gasteiger partial charge is 0.267 e. The number of aromatic amines is 1. The number of benzene rings is 2. The van der Waals surface area contributed by atoms with Crippen LogP contribution in [0.2, 0.25) is 0 Å². The Balaban J connectivity index is 1.64. The number of rotatable bonds is 4. The van der Waals surface area contributed by atoms with E-state index >= 15 is 0 Å². The van der Waals surface area contributed by atoms with E-state index in [0.29, 0.717) is 33.7 Å². The quantitative estimate of drug-likeness (QED) is 0.405. The molecule has 0 unspecified atom stereocenters. The summed E-state index contributed by atoms with van der Waals surface area (Å²) in [6, 6.07) is 13.6. The van der Waals surface area contributed by atoms with Gasteiger partial charge in [0.2, 0.25) is 0 Å². The van der Waals surface area contributed by atoms with Crippen LogP contribution in [0.15, 0.2) is 54.7 Å². The van der Waals surface area contributed by atoms with E-state index in [0.717, 1.165) is 10.5 Å². The number of fused-ring (bicyclic) bond motifs is 3. The number of hydrogen-bond donors (Lipinski definition) is 1. The molecule has 0 radical (unpaired) electrons. The SMILES string of the molecule is COc1ccc(-c2[nH]nc3ncc4c(c23)C(=O)N(c2ccc(C(C)=O)cc2)C4=O)cc1. The molecule has 0 saturated heterocycles. The first kappa shape index (κ1) is 18.7. The number of methoxy groups -OCH3 is 1. The number of aromatic nitrogens is 3. The largest absolute Gasteiger partial charge is 0.497 e. The van der Waals surface area contributed by atoms with Gasteiger partial charge < -0.3 is 4.74 Å². The van der Waals surface area contributed by atoms with Gasteiger partial charge >= 0.3 is 0 Å². The number of Topliss-reactive ketones (excluding diaryl/α,β-unsaturated/α-hetero) is 1. The van der Waals surface area contributed by atoms with Crippen molar-refractivity contribution in [2.75, 3.05) is 12.0 Å². The highest BCUT2D eigenvalue weighted by Gasteiger charge is 2.40. The average molecular weight is 412 g/mol. The summed E-state index contributed by atoms with van der Waals surface area (Å²) >= 11 is 0. The maximum absolute atomic E-state index is 13.4. The van der Waals surface area contributed by atoms with Crippen LogP contribution in [-0.4, -0.2) is 39.9 Å². The number of pyridine rings is 1. The third-order valence-electron chi connectivity index (χ3n) is 5.34. The topological polar surface area (TPSA) is 105 Å². The van der Waals surface area contributed by atoms with Crippen LogP contribution in [0.5, 0.6) is 5.75 Å². The first-order chi connectivity index (χ1) is 15.0. The highest BCUT2D eigenvalue weighted by molar-refractivity contribution is 6.38. The number of imide groups is 1. The van der Waals surface area contributed by atoms with Gasteiger partial charge in [0, 0.05) is 17.3 Å². The molecule has 8 nitrogen and oxygen atoms in total. The van der Waals surface area contributed by atoms with Crippen LogP contribution < -0.4 is 9.64 Å². The zero-order chi connectivity index (χ0) is 21.7. The monoisotopic (exact) mass is 412 g/mol. The molecule has 0 aliphatic carbocycles. The van der Waals surface area contributed by atoms with E-state index in [9.17, 15) is 14.4 Å². The van der Waals surface area contributed by atoms with Gasteiger partial charge in [0.05, 0.1) is 35.0 Å². The third kappa shape index (κ3) is 2.80. The molecule has 1 aliphatic heterocycles. The molecule has 2 aromatic heterocycles. The molecule has 152 valence electrons. The second kappa shape index (κ2) is 6.88. The predicted molar refractivity (Wildman–Crippen MR) is 113 cm³/mol. The number of hydrogen-bond acceptors (Lipinski definition) is 6. The van der Waals surface area contributed by atoms with Crippen LogP contribution in [0.3, 0.4) is 0 Å². The standard InChI is InChI=1S/C23H16N4O4/c1-12(28)13-3-7-15(8-4-13)27-22(29)17-11-24-21-19(18(17)23(27)30)20(25-26-21)14-5-9-16(31-2)10-6-14/h3-11H,1-2H3,(H,24,25,26). The molecule has 5 rings (SSSR count). The van der Waals surface area contributed by atoms with Crippen LogP contribution in [0.4, 0.5) is 5.69 Å². The van der Waals surface area contributed by atoms with Crippen molar-refractivity contribution in [3.05, 3.63) is 71.4 Å².